The lowest BCUT2D eigenvalue weighted by Crippen LogP contribution is -2.06. The minimum atomic E-state index is -0.379. The lowest BCUT2D eigenvalue weighted by Gasteiger charge is -2.06. The molecule has 0 aliphatic rings. The molecule has 0 aromatic carbocycles. The van der Waals surface area contributed by atoms with E-state index in [1.807, 2.05) is 0 Å². The quantitative estimate of drug-likeness (QED) is 0.292. The van der Waals surface area contributed by atoms with Crippen LogP contribution in [0.4, 0.5) is 0 Å². The molecule has 0 bridgehead atoms. The van der Waals surface area contributed by atoms with E-state index in [1.54, 1.807) is 0 Å². The summed E-state index contributed by atoms with van der Waals surface area (Å²) in [6.07, 6.45) is 8.47. The summed E-state index contributed by atoms with van der Waals surface area (Å²) in [6, 6.07) is 0. The number of rotatable bonds is 13. The molecule has 122 valence electrons. The summed E-state index contributed by atoms with van der Waals surface area (Å²) in [7, 11) is 0. The predicted octanol–water partition coefficient (Wildman–Crippen LogP) is 4.04. The van der Waals surface area contributed by atoms with Crippen LogP contribution in [0.2, 0.25) is 0 Å². The van der Waals surface area contributed by atoms with Gasteiger partial charge in [-0.1, -0.05) is 39.7 Å². The Morgan fingerprint density at radius 1 is 0.952 bits per heavy atom. The molecule has 0 amide bonds. The Kier molecular flexibility index (Phi) is 12.8. The summed E-state index contributed by atoms with van der Waals surface area (Å²) in [5.41, 5.74) is 0. The van der Waals surface area contributed by atoms with Gasteiger partial charge >= 0.3 is 11.9 Å². The molecule has 0 unspecified atom stereocenters. The Morgan fingerprint density at radius 2 is 1.57 bits per heavy atom. The van der Waals surface area contributed by atoms with Crippen molar-refractivity contribution in [3.05, 3.63) is 12.7 Å². The van der Waals surface area contributed by atoms with E-state index in [0.717, 1.165) is 44.6 Å². The van der Waals surface area contributed by atoms with E-state index in [1.165, 1.54) is 6.42 Å². The summed E-state index contributed by atoms with van der Waals surface area (Å²) < 4.78 is 10.0. The fourth-order valence-electron chi connectivity index (χ4n) is 1.87. The average Bonchev–Trinajstić information content (AvgIpc) is 2.45. The van der Waals surface area contributed by atoms with Gasteiger partial charge in [-0.15, -0.1) is 0 Å². The summed E-state index contributed by atoms with van der Waals surface area (Å²) in [5, 5.41) is 0. The van der Waals surface area contributed by atoms with Crippen LogP contribution in [0.1, 0.15) is 65.2 Å². The van der Waals surface area contributed by atoms with Gasteiger partial charge in [-0.3, -0.25) is 4.79 Å². The van der Waals surface area contributed by atoms with E-state index in [2.05, 4.69) is 20.4 Å². The van der Waals surface area contributed by atoms with Crippen molar-refractivity contribution in [3.63, 3.8) is 0 Å². The number of ether oxygens (including phenoxy) is 2. The molecule has 0 aromatic rings. The Hall–Kier alpha value is -1.32. The monoisotopic (exact) mass is 298 g/mol. The molecule has 4 heteroatoms. The summed E-state index contributed by atoms with van der Waals surface area (Å²) >= 11 is 0. The number of carbonyl (C=O) groups excluding carboxylic acids is 2. The highest BCUT2D eigenvalue weighted by Gasteiger charge is 2.03. The predicted molar refractivity (Wildman–Crippen MR) is 83.9 cm³/mol. The fourth-order valence-corrected chi connectivity index (χ4v) is 1.87. The molecule has 0 heterocycles. The van der Waals surface area contributed by atoms with Gasteiger partial charge in [0.15, 0.2) is 0 Å². The van der Waals surface area contributed by atoms with E-state index < -0.39 is 0 Å². The number of unbranched alkanes of at least 4 members (excludes halogenated alkanes) is 4. The number of esters is 2. The van der Waals surface area contributed by atoms with E-state index in [-0.39, 0.29) is 11.9 Å². The molecule has 4 nitrogen and oxygen atoms in total. The lowest BCUT2D eigenvalue weighted by atomic mass is 10.1. The van der Waals surface area contributed by atoms with Crippen LogP contribution >= 0.6 is 0 Å². The van der Waals surface area contributed by atoms with Crippen molar-refractivity contribution < 1.29 is 19.1 Å². The van der Waals surface area contributed by atoms with Crippen molar-refractivity contribution in [2.24, 2.45) is 5.92 Å². The molecule has 0 saturated heterocycles. The Labute approximate surface area is 128 Å². The van der Waals surface area contributed by atoms with Gasteiger partial charge < -0.3 is 9.47 Å². The second-order valence-corrected chi connectivity index (χ2v) is 5.65. The SMILES string of the molecule is C=CC(=O)OCCCCCCC(=O)OCCCCC(C)C. The maximum absolute atomic E-state index is 11.5. The van der Waals surface area contributed by atoms with E-state index in [4.69, 9.17) is 9.47 Å². The first-order valence-corrected chi connectivity index (χ1v) is 8.01. The topological polar surface area (TPSA) is 52.6 Å². The van der Waals surface area contributed by atoms with Crippen molar-refractivity contribution in [1.29, 1.82) is 0 Å². The second-order valence-electron chi connectivity index (χ2n) is 5.65. The summed E-state index contributed by atoms with van der Waals surface area (Å²) in [6.45, 7) is 8.69. The van der Waals surface area contributed by atoms with Crippen LogP contribution < -0.4 is 0 Å². The van der Waals surface area contributed by atoms with Gasteiger partial charge in [-0.05, 0) is 31.6 Å². The maximum atomic E-state index is 11.5. The third kappa shape index (κ3) is 14.9. The smallest absolute Gasteiger partial charge is 0.330 e. The van der Waals surface area contributed by atoms with Crippen LogP contribution in [0.25, 0.3) is 0 Å². The van der Waals surface area contributed by atoms with Crippen molar-refractivity contribution in [2.75, 3.05) is 13.2 Å². The van der Waals surface area contributed by atoms with Crippen molar-refractivity contribution in [3.8, 4) is 0 Å². The standard InChI is InChI=1S/C17H30O4/c1-4-16(18)20-13-9-6-5-7-12-17(19)21-14-10-8-11-15(2)3/h4,15H,1,5-14H2,2-3H3. The average molecular weight is 298 g/mol. The first-order chi connectivity index (χ1) is 10.1. The molecule has 0 saturated carbocycles. The number of hydrogen-bond acceptors (Lipinski definition) is 4. The van der Waals surface area contributed by atoms with Gasteiger partial charge in [0.1, 0.15) is 0 Å². The van der Waals surface area contributed by atoms with Gasteiger partial charge in [0.2, 0.25) is 0 Å². The minimum absolute atomic E-state index is 0.0994. The molecule has 0 aromatic heterocycles. The summed E-state index contributed by atoms with van der Waals surface area (Å²) in [5.74, 6) is 0.236. The first-order valence-electron chi connectivity index (χ1n) is 8.01. The fraction of sp³-hybridized carbons (Fsp3) is 0.765. The van der Waals surface area contributed by atoms with E-state index >= 15 is 0 Å². The van der Waals surface area contributed by atoms with E-state index in [9.17, 15) is 9.59 Å². The highest BCUT2D eigenvalue weighted by Crippen LogP contribution is 2.07. The third-order valence-electron chi connectivity index (χ3n) is 3.13. The minimum Gasteiger partial charge on any atom is -0.466 e. The summed E-state index contributed by atoms with van der Waals surface area (Å²) in [4.78, 5) is 22.2. The zero-order valence-electron chi connectivity index (χ0n) is 13.6. The Bertz CT molecular complexity index is 297. The maximum Gasteiger partial charge on any atom is 0.330 e. The molecule has 0 fully saturated rings. The van der Waals surface area contributed by atoms with Gasteiger partial charge in [-0.2, -0.15) is 0 Å². The molecular formula is C17H30O4. The van der Waals surface area contributed by atoms with Gasteiger partial charge in [0.25, 0.3) is 0 Å². The Morgan fingerprint density at radius 3 is 2.24 bits per heavy atom. The van der Waals surface area contributed by atoms with Crippen LogP contribution in [0, 0.1) is 5.92 Å². The molecule has 0 N–H and O–H groups in total. The molecular weight excluding hydrogens is 268 g/mol. The third-order valence-corrected chi connectivity index (χ3v) is 3.13. The zero-order chi connectivity index (χ0) is 15.9. The largest absolute Gasteiger partial charge is 0.466 e. The van der Waals surface area contributed by atoms with Crippen LogP contribution in [0.15, 0.2) is 12.7 Å². The molecule has 0 radical (unpaired) electrons. The second kappa shape index (κ2) is 13.7. The molecule has 0 atom stereocenters. The molecule has 0 spiro atoms. The van der Waals surface area contributed by atoms with Gasteiger partial charge in [-0.25, -0.2) is 4.79 Å². The van der Waals surface area contributed by atoms with Crippen LogP contribution in [-0.2, 0) is 19.1 Å². The van der Waals surface area contributed by atoms with Crippen molar-refractivity contribution in [2.45, 2.75) is 65.2 Å². The highest BCUT2D eigenvalue weighted by atomic mass is 16.5. The van der Waals surface area contributed by atoms with Crippen LogP contribution in [-0.4, -0.2) is 25.2 Å². The zero-order valence-corrected chi connectivity index (χ0v) is 13.6. The molecule has 0 aliphatic heterocycles. The number of hydrogen-bond donors (Lipinski definition) is 0. The van der Waals surface area contributed by atoms with Gasteiger partial charge in [0, 0.05) is 12.5 Å². The molecule has 0 aliphatic carbocycles. The molecule has 0 rings (SSSR count). The number of carbonyl (C=O) groups is 2. The molecule has 21 heavy (non-hydrogen) atoms. The normalized spacial score (nSPS) is 10.4. The first kappa shape index (κ1) is 19.7. The Balaban J connectivity index is 3.26. The lowest BCUT2D eigenvalue weighted by molar-refractivity contribution is -0.144. The van der Waals surface area contributed by atoms with Crippen LogP contribution in [0.3, 0.4) is 0 Å². The van der Waals surface area contributed by atoms with E-state index in [0.29, 0.717) is 25.6 Å². The highest BCUT2D eigenvalue weighted by molar-refractivity contribution is 5.81. The van der Waals surface area contributed by atoms with Gasteiger partial charge in [0.05, 0.1) is 13.2 Å². The van der Waals surface area contributed by atoms with Crippen molar-refractivity contribution >= 4 is 11.9 Å². The van der Waals surface area contributed by atoms with Crippen LogP contribution in [0.5, 0.6) is 0 Å². The van der Waals surface area contributed by atoms with Crippen molar-refractivity contribution in [1.82, 2.24) is 0 Å².